The Morgan fingerprint density at radius 3 is 2.38 bits per heavy atom. The first-order valence-corrected chi connectivity index (χ1v) is 11.3. The van der Waals surface area contributed by atoms with E-state index < -0.39 is 0 Å². The maximum Gasteiger partial charge on any atom is 0.264 e. The summed E-state index contributed by atoms with van der Waals surface area (Å²) < 4.78 is 11.2. The molecular weight excluding hydrogens is 444 g/mol. The zero-order valence-corrected chi connectivity index (χ0v) is 19.0. The van der Waals surface area contributed by atoms with E-state index in [1.807, 2.05) is 85.8 Å². The highest BCUT2D eigenvalue weighted by atomic mass is 35.5. The lowest BCUT2D eigenvalue weighted by Gasteiger charge is -2.08. The van der Waals surface area contributed by atoms with E-state index >= 15 is 0 Å². The third-order valence-corrected chi connectivity index (χ3v) is 5.84. The first kappa shape index (κ1) is 22.0. The number of rotatable bonds is 7. The van der Waals surface area contributed by atoms with Crippen LogP contribution in [-0.4, -0.2) is 17.7 Å². The maximum atomic E-state index is 12.3. The molecule has 1 aliphatic rings. The molecule has 0 radical (unpaired) electrons. The molecule has 3 aromatic carbocycles. The van der Waals surface area contributed by atoms with Crippen LogP contribution in [0.3, 0.4) is 0 Å². The lowest BCUT2D eigenvalue weighted by molar-refractivity contribution is -0.115. The summed E-state index contributed by atoms with van der Waals surface area (Å²) in [4.78, 5) is 17.4. The standard InChI is InChI=1S/C25H21ClN2O3S/c1-2-30-20-13-9-19(10-14-20)27-25-28-24(29)23(32-25)15-17-7-11-21(12-8-17)31-16-18-5-3-4-6-22(18)26/h3-15H,2,16H2,1H3,(H,27,28,29). The monoisotopic (exact) mass is 464 g/mol. The molecule has 0 saturated carbocycles. The average molecular weight is 465 g/mol. The smallest absolute Gasteiger partial charge is 0.264 e. The second-order valence-corrected chi connectivity index (χ2v) is 8.30. The minimum absolute atomic E-state index is 0.168. The first-order valence-electron chi connectivity index (χ1n) is 10.1. The molecule has 0 atom stereocenters. The number of aliphatic imine (C=N–C) groups is 1. The number of amidine groups is 1. The minimum Gasteiger partial charge on any atom is -0.494 e. The van der Waals surface area contributed by atoms with Crippen molar-refractivity contribution in [1.82, 2.24) is 5.32 Å². The molecule has 32 heavy (non-hydrogen) atoms. The first-order chi connectivity index (χ1) is 15.6. The Labute approximate surface area is 196 Å². The van der Waals surface area contributed by atoms with Crippen LogP contribution in [0.25, 0.3) is 6.08 Å². The Kier molecular flexibility index (Phi) is 7.14. The van der Waals surface area contributed by atoms with Gasteiger partial charge in [-0.3, -0.25) is 4.79 Å². The molecule has 0 unspecified atom stereocenters. The summed E-state index contributed by atoms with van der Waals surface area (Å²) in [5.74, 6) is 1.35. The topological polar surface area (TPSA) is 59.9 Å². The molecule has 1 fully saturated rings. The molecule has 1 heterocycles. The van der Waals surface area contributed by atoms with Crippen LogP contribution in [0.5, 0.6) is 11.5 Å². The van der Waals surface area contributed by atoms with E-state index in [-0.39, 0.29) is 5.91 Å². The molecular formula is C25H21ClN2O3S. The van der Waals surface area contributed by atoms with E-state index in [4.69, 9.17) is 21.1 Å². The Bertz CT molecular complexity index is 1160. The van der Waals surface area contributed by atoms with Gasteiger partial charge in [-0.15, -0.1) is 0 Å². The van der Waals surface area contributed by atoms with Gasteiger partial charge < -0.3 is 14.8 Å². The maximum absolute atomic E-state index is 12.3. The van der Waals surface area contributed by atoms with Gasteiger partial charge in [0.15, 0.2) is 5.17 Å². The fraction of sp³-hybridized carbons (Fsp3) is 0.120. The SMILES string of the molecule is CCOc1ccc(N=C2NC(=O)C(=Cc3ccc(OCc4ccccc4Cl)cc3)S2)cc1. The number of hydrogen-bond acceptors (Lipinski definition) is 5. The summed E-state index contributed by atoms with van der Waals surface area (Å²) in [6.07, 6.45) is 1.83. The van der Waals surface area contributed by atoms with E-state index in [1.165, 1.54) is 11.8 Å². The number of carbonyl (C=O) groups is 1. The summed E-state index contributed by atoms with van der Waals surface area (Å²) in [5.41, 5.74) is 2.58. The predicted molar refractivity (Wildman–Crippen MR) is 131 cm³/mol. The Balaban J connectivity index is 1.39. The van der Waals surface area contributed by atoms with Crippen LogP contribution < -0.4 is 14.8 Å². The second-order valence-electron chi connectivity index (χ2n) is 6.86. The van der Waals surface area contributed by atoms with Crippen LogP contribution in [0.4, 0.5) is 5.69 Å². The molecule has 0 bridgehead atoms. The Hall–Kier alpha value is -3.22. The number of nitrogens with one attached hydrogen (secondary N) is 1. The van der Waals surface area contributed by atoms with Gasteiger partial charge in [0.1, 0.15) is 18.1 Å². The van der Waals surface area contributed by atoms with Crippen LogP contribution in [0.2, 0.25) is 5.02 Å². The number of ether oxygens (including phenoxy) is 2. The third-order valence-electron chi connectivity index (χ3n) is 4.56. The van der Waals surface area contributed by atoms with E-state index in [9.17, 15) is 4.79 Å². The predicted octanol–water partition coefficient (Wildman–Crippen LogP) is 6.21. The number of amides is 1. The molecule has 5 nitrogen and oxygen atoms in total. The zero-order chi connectivity index (χ0) is 22.3. The summed E-state index contributed by atoms with van der Waals surface area (Å²) in [6.45, 7) is 2.94. The van der Waals surface area contributed by atoms with Gasteiger partial charge in [-0.2, -0.15) is 0 Å². The molecule has 1 N–H and O–H groups in total. The molecule has 162 valence electrons. The number of halogens is 1. The van der Waals surface area contributed by atoms with Gasteiger partial charge in [0.2, 0.25) is 0 Å². The largest absolute Gasteiger partial charge is 0.494 e. The fourth-order valence-corrected chi connectivity index (χ4v) is 4.00. The highest BCUT2D eigenvalue weighted by Crippen LogP contribution is 2.29. The van der Waals surface area contributed by atoms with Crippen molar-refractivity contribution in [3.05, 3.63) is 93.9 Å². The van der Waals surface area contributed by atoms with Gasteiger partial charge in [-0.1, -0.05) is 41.9 Å². The number of thioether (sulfide) groups is 1. The summed E-state index contributed by atoms with van der Waals surface area (Å²) >= 11 is 7.47. The van der Waals surface area contributed by atoms with E-state index in [0.29, 0.717) is 28.3 Å². The van der Waals surface area contributed by atoms with Crippen molar-refractivity contribution in [2.45, 2.75) is 13.5 Å². The van der Waals surface area contributed by atoms with Crippen LogP contribution in [0.15, 0.2) is 82.7 Å². The summed E-state index contributed by atoms with van der Waals surface area (Å²) in [7, 11) is 0. The van der Waals surface area contributed by atoms with Gasteiger partial charge in [0, 0.05) is 10.6 Å². The molecule has 1 saturated heterocycles. The minimum atomic E-state index is -0.168. The molecule has 7 heteroatoms. The lowest BCUT2D eigenvalue weighted by Crippen LogP contribution is -2.19. The normalized spacial score (nSPS) is 15.8. The number of nitrogens with zero attached hydrogens (tertiary/aromatic N) is 1. The summed E-state index contributed by atoms with van der Waals surface area (Å²) in [5, 5.41) is 4.03. The number of carbonyl (C=O) groups excluding carboxylic acids is 1. The van der Waals surface area contributed by atoms with Crippen molar-refractivity contribution < 1.29 is 14.3 Å². The molecule has 0 aliphatic carbocycles. The fourth-order valence-electron chi connectivity index (χ4n) is 2.97. The van der Waals surface area contributed by atoms with E-state index in [0.717, 1.165) is 28.3 Å². The third kappa shape index (κ3) is 5.72. The Morgan fingerprint density at radius 1 is 0.969 bits per heavy atom. The van der Waals surface area contributed by atoms with E-state index in [2.05, 4.69) is 10.3 Å². The molecule has 0 spiro atoms. The second kappa shape index (κ2) is 10.4. The molecule has 1 aliphatic heterocycles. The van der Waals surface area contributed by atoms with Gasteiger partial charge in [-0.25, -0.2) is 4.99 Å². The van der Waals surface area contributed by atoms with Gasteiger partial charge in [0.25, 0.3) is 5.91 Å². The molecule has 0 aromatic heterocycles. The van der Waals surface area contributed by atoms with Crippen molar-refractivity contribution in [2.24, 2.45) is 4.99 Å². The van der Waals surface area contributed by atoms with Crippen molar-refractivity contribution in [1.29, 1.82) is 0 Å². The Morgan fingerprint density at radius 2 is 1.66 bits per heavy atom. The van der Waals surface area contributed by atoms with Crippen molar-refractivity contribution in [3.63, 3.8) is 0 Å². The number of hydrogen-bond donors (Lipinski definition) is 1. The van der Waals surface area contributed by atoms with Crippen LogP contribution >= 0.6 is 23.4 Å². The van der Waals surface area contributed by atoms with Crippen molar-refractivity contribution >= 4 is 46.2 Å². The van der Waals surface area contributed by atoms with Crippen molar-refractivity contribution in [2.75, 3.05) is 6.61 Å². The van der Waals surface area contributed by atoms with Crippen LogP contribution in [-0.2, 0) is 11.4 Å². The van der Waals surface area contributed by atoms with E-state index in [1.54, 1.807) is 0 Å². The van der Waals surface area contributed by atoms with Crippen molar-refractivity contribution in [3.8, 4) is 11.5 Å². The molecule has 4 rings (SSSR count). The van der Waals surface area contributed by atoms with Gasteiger partial charge in [0.05, 0.1) is 17.2 Å². The average Bonchev–Trinajstić information content (AvgIpc) is 3.14. The quantitative estimate of drug-likeness (QED) is 0.422. The van der Waals surface area contributed by atoms with Gasteiger partial charge in [-0.05, 0) is 72.8 Å². The summed E-state index contributed by atoms with van der Waals surface area (Å²) in [6, 6.07) is 22.6. The van der Waals surface area contributed by atoms with Crippen LogP contribution in [0.1, 0.15) is 18.1 Å². The number of benzene rings is 3. The van der Waals surface area contributed by atoms with Crippen LogP contribution in [0, 0.1) is 0 Å². The highest BCUT2D eigenvalue weighted by molar-refractivity contribution is 8.18. The zero-order valence-electron chi connectivity index (χ0n) is 17.4. The molecule has 1 amide bonds. The lowest BCUT2D eigenvalue weighted by atomic mass is 10.2. The highest BCUT2D eigenvalue weighted by Gasteiger charge is 2.23. The molecule has 3 aromatic rings. The van der Waals surface area contributed by atoms with Gasteiger partial charge >= 0.3 is 0 Å².